The van der Waals surface area contributed by atoms with Gasteiger partial charge in [-0.3, -0.25) is 0 Å². The topological polar surface area (TPSA) is 158 Å². The smallest absolute Gasteiger partial charge is 0.271 e. The minimum Gasteiger partial charge on any atom is -0.486 e. The third-order valence-electron chi connectivity index (χ3n) is 4.73. The summed E-state index contributed by atoms with van der Waals surface area (Å²) in [7, 11) is 0. The molecule has 0 bridgehead atoms. The molecule has 3 aromatic rings. The molecule has 1 aliphatic rings. The lowest BCUT2D eigenvalue weighted by molar-refractivity contribution is -0.178. The van der Waals surface area contributed by atoms with Gasteiger partial charge in [0.1, 0.15) is 47.2 Å². The number of nitriles is 1. The second kappa shape index (κ2) is 9.21. The highest BCUT2D eigenvalue weighted by Gasteiger charge is 2.46. The van der Waals surface area contributed by atoms with Gasteiger partial charge in [0.15, 0.2) is 0 Å². The van der Waals surface area contributed by atoms with Crippen LogP contribution in [0.4, 0.5) is 0 Å². The third kappa shape index (κ3) is 4.46. The van der Waals surface area contributed by atoms with Crippen LogP contribution in [0.25, 0.3) is 11.4 Å². The molecule has 1 aromatic carbocycles. The molecule has 0 amide bonds. The largest absolute Gasteiger partial charge is 0.486 e. The van der Waals surface area contributed by atoms with E-state index in [2.05, 4.69) is 37.3 Å². The molecule has 5 atom stereocenters. The van der Waals surface area contributed by atoms with Gasteiger partial charge in [0, 0.05) is 14.7 Å². The number of thioether (sulfide) groups is 1. The van der Waals surface area contributed by atoms with Crippen LogP contribution in [0.3, 0.4) is 0 Å². The molecular formula is C18H16BrN5O5S2. The van der Waals surface area contributed by atoms with Crippen molar-refractivity contribution in [2.45, 2.75) is 34.7 Å². The molecule has 13 heteroatoms. The number of thiazole rings is 1. The van der Waals surface area contributed by atoms with Crippen molar-refractivity contribution in [2.75, 3.05) is 6.61 Å². The molecule has 2 aromatic heterocycles. The average Bonchev–Trinajstić information content (AvgIpc) is 3.39. The van der Waals surface area contributed by atoms with Gasteiger partial charge in [-0.1, -0.05) is 28.3 Å². The first-order valence-corrected chi connectivity index (χ1v) is 11.5. The molecule has 31 heavy (non-hydrogen) atoms. The lowest BCUT2D eigenvalue weighted by atomic mass is 9.97. The van der Waals surface area contributed by atoms with Crippen molar-refractivity contribution in [1.82, 2.24) is 20.0 Å². The van der Waals surface area contributed by atoms with Gasteiger partial charge in [-0.05, 0) is 34.1 Å². The van der Waals surface area contributed by atoms with E-state index in [-0.39, 0.29) is 5.19 Å². The van der Waals surface area contributed by atoms with E-state index in [0.717, 1.165) is 16.2 Å². The molecule has 4 rings (SSSR count). The number of aromatic hydroxyl groups is 1. The molecular weight excluding hydrogens is 510 g/mol. The first-order chi connectivity index (χ1) is 14.9. The van der Waals surface area contributed by atoms with Crippen LogP contribution >= 0.6 is 39.0 Å². The number of ether oxygens (including phenoxy) is 1. The molecule has 162 valence electrons. The summed E-state index contributed by atoms with van der Waals surface area (Å²) in [6.45, 7) is -0.458. The summed E-state index contributed by atoms with van der Waals surface area (Å²) in [6, 6.07) is 6.21. The molecule has 0 aliphatic carbocycles. The second-order valence-corrected chi connectivity index (χ2v) is 9.53. The number of halogens is 1. The molecule has 0 spiro atoms. The molecule has 3 unspecified atom stereocenters. The SMILES string of the molecule is N#Cc1ccc(S[C@H]2OC(CO)[C@H](O)C(n3cc(-c4csc(O)n4)nn3)C2O)cc1Br. The highest BCUT2D eigenvalue weighted by molar-refractivity contribution is 9.10. The van der Waals surface area contributed by atoms with Crippen molar-refractivity contribution < 1.29 is 25.2 Å². The number of hydrogen-bond acceptors (Lipinski definition) is 11. The van der Waals surface area contributed by atoms with E-state index in [0.29, 0.717) is 21.4 Å². The quantitative estimate of drug-likeness (QED) is 0.384. The Labute approximate surface area is 192 Å². The zero-order valence-electron chi connectivity index (χ0n) is 15.6. The molecule has 0 radical (unpaired) electrons. The highest BCUT2D eigenvalue weighted by Crippen LogP contribution is 2.39. The van der Waals surface area contributed by atoms with Gasteiger partial charge in [0.2, 0.25) is 0 Å². The maximum absolute atomic E-state index is 11.0. The van der Waals surface area contributed by atoms with Crippen LogP contribution in [-0.4, -0.2) is 70.8 Å². The number of aromatic nitrogens is 4. The van der Waals surface area contributed by atoms with Gasteiger partial charge in [-0.2, -0.15) is 5.26 Å². The van der Waals surface area contributed by atoms with E-state index in [1.165, 1.54) is 22.6 Å². The van der Waals surface area contributed by atoms with Crippen LogP contribution in [0.1, 0.15) is 11.6 Å². The molecule has 3 heterocycles. The van der Waals surface area contributed by atoms with Gasteiger partial charge in [0.05, 0.1) is 18.4 Å². The lowest BCUT2D eigenvalue weighted by Crippen LogP contribution is -2.55. The van der Waals surface area contributed by atoms with E-state index in [1.54, 1.807) is 23.6 Å². The average molecular weight is 526 g/mol. The lowest BCUT2D eigenvalue weighted by Gasteiger charge is -2.41. The van der Waals surface area contributed by atoms with Crippen LogP contribution in [0.5, 0.6) is 5.19 Å². The summed E-state index contributed by atoms with van der Waals surface area (Å²) >= 11 is 5.57. The summed E-state index contributed by atoms with van der Waals surface area (Å²) in [5.74, 6) is 0. The van der Waals surface area contributed by atoms with Crippen molar-refractivity contribution >= 4 is 39.0 Å². The summed E-state index contributed by atoms with van der Waals surface area (Å²) in [6.07, 6.45) is -1.90. The Morgan fingerprint density at radius 3 is 2.74 bits per heavy atom. The van der Waals surface area contributed by atoms with E-state index >= 15 is 0 Å². The summed E-state index contributed by atoms with van der Waals surface area (Å²) in [4.78, 5) is 4.66. The van der Waals surface area contributed by atoms with Gasteiger partial charge < -0.3 is 25.2 Å². The third-order valence-corrected chi connectivity index (χ3v) is 7.18. The van der Waals surface area contributed by atoms with E-state index in [9.17, 15) is 20.4 Å². The zero-order valence-corrected chi connectivity index (χ0v) is 18.8. The first kappa shape index (κ1) is 22.2. The van der Waals surface area contributed by atoms with E-state index < -0.39 is 36.4 Å². The predicted octanol–water partition coefficient (Wildman–Crippen LogP) is 1.51. The van der Waals surface area contributed by atoms with Crippen molar-refractivity contribution in [1.29, 1.82) is 5.26 Å². The number of rotatable bonds is 5. The Hall–Kier alpha value is -2.05. The van der Waals surface area contributed by atoms with E-state index in [1.807, 2.05) is 0 Å². The number of nitrogens with zero attached hydrogens (tertiary/aromatic N) is 5. The van der Waals surface area contributed by atoms with Crippen LogP contribution in [0.15, 0.2) is 39.1 Å². The molecule has 0 saturated carbocycles. The fourth-order valence-corrected chi connectivity index (χ4v) is 5.45. The number of aliphatic hydroxyl groups excluding tert-OH is 3. The van der Waals surface area contributed by atoms with Crippen LogP contribution < -0.4 is 0 Å². The van der Waals surface area contributed by atoms with Crippen molar-refractivity contribution in [2.24, 2.45) is 0 Å². The van der Waals surface area contributed by atoms with Gasteiger partial charge in [0.25, 0.3) is 5.19 Å². The fourth-order valence-electron chi connectivity index (χ4n) is 3.19. The Morgan fingerprint density at radius 1 is 1.29 bits per heavy atom. The van der Waals surface area contributed by atoms with Gasteiger partial charge >= 0.3 is 0 Å². The van der Waals surface area contributed by atoms with Crippen LogP contribution in [-0.2, 0) is 4.74 Å². The standard InChI is InChI=1S/C18H16BrN5O5S2/c19-10-3-9(2-1-8(10)4-20)31-17-16(27)14(15(26)13(6-25)29-17)24-5-11(22-23-24)12-7-30-18(28)21-12/h1-3,5,7,13-17,25-27H,6H2,(H,21,28)/t13?,14?,15-,16?,17+/m0/s1. The zero-order chi connectivity index (χ0) is 22.1. The monoisotopic (exact) mass is 525 g/mol. The number of aliphatic hydroxyl groups is 3. The minimum absolute atomic E-state index is 0.110. The fraction of sp³-hybridized carbons (Fsp3) is 0.333. The molecule has 1 saturated heterocycles. The Kier molecular flexibility index (Phi) is 6.58. The van der Waals surface area contributed by atoms with E-state index in [4.69, 9.17) is 10.00 Å². The highest BCUT2D eigenvalue weighted by atomic mass is 79.9. The van der Waals surface area contributed by atoms with Crippen molar-refractivity contribution in [3.05, 3.63) is 39.8 Å². The molecule has 1 fully saturated rings. The normalized spacial score (nSPS) is 26.0. The molecule has 10 nitrogen and oxygen atoms in total. The first-order valence-electron chi connectivity index (χ1n) is 8.96. The summed E-state index contributed by atoms with van der Waals surface area (Å²) < 4.78 is 7.65. The van der Waals surface area contributed by atoms with Gasteiger partial charge in [-0.15, -0.1) is 5.10 Å². The summed E-state index contributed by atoms with van der Waals surface area (Å²) in [5, 5.41) is 59.4. The molecule has 4 N–H and O–H groups in total. The van der Waals surface area contributed by atoms with Gasteiger partial charge in [-0.25, -0.2) is 9.67 Å². The van der Waals surface area contributed by atoms with Crippen molar-refractivity contribution in [3.63, 3.8) is 0 Å². The Balaban J connectivity index is 1.60. The predicted molar refractivity (Wildman–Crippen MR) is 114 cm³/mol. The Morgan fingerprint density at radius 2 is 2.10 bits per heavy atom. The van der Waals surface area contributed by atoms with Crippen LogP contribution in [0, 0.1) is 11.3 Å². The molecule has 1 aliphatic heterocycles. The number of benzene rings is 1. The van der Waals surface area contributed by atoms with Crippen LogP contribution in [0.2, 0.25) is 0 Å². The van der Waals surface area contributed by atoms with Crippen molar-refractivity contribution in [3.8, 4) is 22.7 Å². The Bertz CT molecular complexity index is 1120. The minimum atomic E-state index is -1.25. The number of hydrogen-bond donors (Lipinski definition) is 4. The maximum atomic E-state index is 11.0. The second-order valence-electron chi connectivity index (χ2n) is 6.67. The summed E-state index contributed by atoms with van der Waals surface area (Å²) in [5.41, 5.74) is 0.417. The maximum Gasteiger partial charge on any atom is 0.271 e.